The molecule has 4 heterocycles. The number of carbonyl (C=O) groups is 2. The molecule has 2 aromatic carbocycles. The van der Waals surface area contributed by atoms with Crippen molar-refractivity contribution < 1.29 is 27.1 Å². The molecule has 46 heavy (non-hydrogen) atoms. The number of sulfonamides is 1. The summed E-state index contributed by atoms with van der Waals surface area (Å²) in [6, 6.07) is 14.2. The third-order valence-corrected chi connectivity index (χ3v) is 11.1. The topological polar surface area (TPSA) is 133 Å². The molecule has 0 bridgehead atoms. The Morgan fingerprint density at radius 3 is 2.46 bits per heavy atom. The zero-order chi connectivity index (χ0) is 32.3. The number of aromatic nitrogens is 1. The number of hydrogen-bond acceptors (Lipinski definition) is 9. The third kappa shape index (κ3) is 7.99. The SMILES string of the molecule is CS(=O)(=O)N1C[C@H](NC(=O)[C@@H]2C[C@H](F)CN2)C[C@@H]1CNC(=O)c1ccc(-c2cnc(-c3ccc(CN4CCOCC4)cc3)s2)cc1. The predicted octanol–water partition coefficient (Wildman–Crippen LogP) is 2.26. The molecule has 14 heteroatoms. The molecule has 0 spiro atoms. The lowest BCUT2D eigenvalue weighted by atomic mass is 10.1. The van der Waals surface area contributed by atoms with Gasteiger partial charge in [0.25, 0.3) is 5.91 Å². The van der Waals surface area contributed by atoms with Gasteiger partial charge in [-0.05, 0) is 29.7 Å². The van der Waals surface area contributed by atoms with Gasteiger partial charge in [0.2, 0.25) is 15.9 Å². The van der Waals surface area contributed by atoms with E-state index in [0.29, 0.717) is 12.0 Å². The normalized spacial score (nSPS) is 24.2. The number of alkyl halides is 1. The molecule has 3 N–H and O–H groups in total. The van der Waals surface area contributed by atoms with Crippen molar-refractivity contribution in [3.8, 4) is 21.0 Å². The number of carbonyl (C=O) groups excluding carboxylic acids is 2. The average molecular weight is 671 g/mol. The second kappa shape index (κ2) is 14.2. The van der Waals surface area contributed by atoms with Crippen LogP contribution < -0.4 is 16.0 Å². The van der Waals surface area contributed by atoms with E-state index in [1.54, 1.807) is 23.5 Å². The maximum absolute atomic E-state index is 13.5. The minimum atomic E-state index is -3.58. The van der Waals surface area contributed by atoms with Crippen LogP contribution in [0.1, 0.15) is 28.8 Å². The first-order valence-electron chi connectivity index (χ1n) is 15.5. The fraction of sp³-hybridized carbons (Fsp3) is 0.469. The molecule has 3 aliphatic heterocycles. The zero-order valence-corrected chi connectivity index (χ0v) is 27.3. The molecular weight excluding hydrogens is 632 g/mol. The minimum Gasteiger partial charge on any atom is -0.379 e. The van der Waals surface area contributed by atoms with E-state index in [9.17, 15) is 22.4 Å². The second-order valence-corrected chi connectivity index (χ2v) is 15.1. The zero-order valence-electron chi connectivity index (χ0n) is 25.7. The van der Waals surface area contributed by atoms with Crippen LogP contribution in [0.2, 0.25) is 0 Å². The van der Waals surface area contributed by atoms with Crippen LogP contribution in [0, 0.1) is 0 Å². The number of benzene rings is 2. The van der Waals surface area contributed by atoms with Crippen LogP contribution in [-0.4, -0.2) is 111 Å². The summed E-state index contributed by atoms with van der Waals surface area (Å²) < 4.78 is 45.2. The fourth-order valence-electron chi connectivity index (χ4n) is 6.19. The Morgan fingerprint density at radius 2 is 1.78 bits per heavy atom. The molecule has 4 atom stereocenters. The number of nitrogens with zero attached hydrogens (tertiary/aromatic N) is 3. The van der Waals surface area contributed by atoms with E-state index in [4.69, 9.17) is 4.74 Å². The maximum Gasteiger partial charge on any atom is 0.251 e. The molecule has 0 aliphatic carbocycles. The van der Waals surface area contributed by atoms with E-state index in [1.807, 2.05) is 18.3 Å². The minimum absolute atomic E-state index is 0.0949. The Morgan fingerprint density at radius 1 is 1.07 bits per heavy atom. The highest BCUT2D eigenvalue weighted by Crippen LogP contribution is 2.32. The smallest absolute Gasteiger partial charge is 0.251 e. The van der Waals surface area contributed by atoms with Gasteiger partial charge in [0.15, 0.2) is 0 Å². The highest BCUT2D eigenvalue weighted by molar-refractivity contribution is 7.88. The van der Waals surface area contributed by atoms with Crippen molar-refractivity contribution in [2.75, 3.05) is 52.2 Å². The van der Waals surface area contributed by atoms with Crippen molar-refractivity contribution in [3.05, 3.63) is 65.9 Å². The van der Waals surface area contributed by atoms with Crippen LogP contribution in [0.5, 0.6) is 0 Å². The second-order valence-electron chi connectivity index (χ2n) is 12.1. The largest absolute Gasteiger partial charge is 0.379 e. The van der Waals surface area contributed by atoms with Gasteiger partial charge in [-0.2, -0.15) is 4.31 Å². The summed E-state index contributed by atoms with van der Waals surface area (Å²) in [5.74, 6) is -0.660. The number of amides is 2. The molecule has 6 rings (SSSR count). The molecule has 3 fully saturated rings. The number of hydrogen-bond donors (Lipinski definition) is 3. The van der Waals surface area contributed by atoms with Gasteiger partial charge in [-0.1, -0.05) is 36.4 Å². The van der Waals surface area contributed by atoms with Crippen molar-refractivity contribution >= 4 is 33.2 Å². The number of thiazole rings is 1. The molecular formula is C32H39FN6O5S2. The first-order valence-corrected chi connectivity index (χ1v) is 18.2. The Kier molecular flexibility index (Phi) is 10.1. The maximum atomic E-state index is 13.5. The monoisotopic (exact) mass is 670 g/mol. The molecule has 2 amide bonds. The number of nitrogens with one attached hydrogen (secondary N) is 3. The van der Waals surface area contributed by atoms with Gasteiger partial charge in [0, 0.05) is 75.1 Å². The van der Waals surface area contributed by atoms with Gasteiger partial charge < -0.3 is 20.7 Å². The van der Waals surface area contributed by atoms with E-state index in [2.05, 4.69) is 50.1 Å². The van der Waals surface area contributed by atoms with Crippen LogP contribution >= 0.6 is 11.3 Å². The fourth-order valence-corrected chi connectivity index (χ4v) is 8.27. The van der Waals surface area contributed by atoms with Gasteiger partial charge in [0.05, 0.1) is 30.4 Å². The van der Waals surface area contributed by atoms with E-state index in [-0.39, 0.29) is 37.9 Å². The van der Waals surface area contributed by atoms with Gasteiger partial charge in [-0.25, -0.2) is 17.8 Å². The number of halogens is 1. The van der Waals surface area contributed by atoms with E-state index < -0.39 is 34.3 Å². The van der Waals surface area contributed by atoms with Crippen molar-refractivity contribution in [2.45, 2.75) is 43.7 Å². The lowest BCUT2D eigenvalue weighted by Crippen LogP contribution is -2.46. The van der Waals surface area contributed by atoms with E-state index in [1.165, 1.54) is 9.87 Å². The van der Waals surface area contributed by atoms with Gasteiger partial charge >= 0.3 is 0 Å². The first kappa shape index (κ1) is 32.7. The van der Waals surface area contributed by atoms with Crippen LogP contribution in [0.15, 0.2) is 54.7 Å². The van der Waals surface area contributed by atoms with Crippen molar-refractivity contribution in [3.63, 3.8) is 0 Å². The highest BCUT2D eigenvalue weighted by atomic mass is 32.2. The van der Waals surface area contributed by atoms with Crippen LogP contribution in [-0.2, 0) is 26.1 Å². The Bertz CT molecular complexity index is 1630. The number of rotatable bonds is 10. The standard InChI is InChI=1S/C32H39FN6O5S2/c1-46(42,43)39-20-26(37-31(41)28-14-25(33)16-34-28)15-27(39)17-35-30(40)23-8-6-22(7-9-23)29-18-36-32(45-29)24-4-2-21(3-5-24)19-38-10-12-44-13-11-38/h2-9,18,25-28,34H,10-17,19-20H2,1H3,(H,35,40)(H,37,41)/t25-,26+,27+,28-/m0/s1. The summed E-state index contributed by atoms with van der Waals surface area (Å²) in [5, 5.41) is 9.46. The Balaban J connectivity index is 1.03. The summed E-state index contributed by atoms with van der Waals surface area (Å²) in [4.78, 5) is 33.6. The Labute approximate surface area is 272 Å². The molecule has 3 saturated heterocycles. The highest BCUT2D eigenvalue weighted by Gasteiger charge is 2.39. The van der Waals surface area contributed by atoms with Crippen molar-refractivity contribution in [1.29, 1.82) is 0 Å². The molecule has 0 saturated carbocycles. The molecule has 246 valence electrons. The van der Waals surface area contributed by atoms with Gasteiger partial charge in [-0.3, -0.25) is 14.5 Å². The van der Waals surface area contributed by atoms with Gasteiger partial charge in [-0.15, -0.1) is 11.3 Å². The Hall–Kier alpha value is -3.27. The van der Waals surface area contributed by atoms with Gasteiger partial charge in [0.1, 0.15) is 11.2 Å². The lowest BCUT2D eigenvalue weighted by molar-refractivity contribution is -0.123. The number of morpholine rings is 1. The first-order chi connectivity index (χ1) is 22.1. The molecule has 0 unspecified atom stereocenters. The summed E-state index contributed by atoms with van der Waals surface area (Å²) in [6.45, 7) is 4.69. The summed E-state index contributed by atoms with van der Waals surface area (Å²) in [6.07, 6.45) is 2.32. The van der Waals surface area contributed by atoms with E-state index in [0.717, 1.165) is 60.1 Å². The summed E-state index contributed by atoms with van der Waals surface area (Å²) in [5.41, 5.74) is 3.71. The quantitative estimate of drug-likeness (QED) is 0.300. The lowest BCUT2D eigenvalue weighted by Gasteiger charge is -2.26. The van der Waals surface area contributed by atoms with Crippen LogP contribution in [0.4, 0.5) is 4.39 Å². The molecule has 3 aromatic rings. The van der Waals surface area contributed by atoms with Crippen LogP contribution in [0.25, 0.3) is 21.0 Å². The summed E-state index contributed by atoms with van der Waals surface area (Å²) >= 11 is 1.58. The van der Waals surface area contributed by atoms with Crippen molar-refractivity contribution in [1.82, 2.24) is 30.1 Å². The molecule has 11 nitrogen and oxygen atoms in total. The third-order valence-electron chi connectivity index (χ3n) is 8.68. The summed E-state index contributed by atoms with van der Waals surface area (Å²) in [7, 11) is -3.58. The number of ether oxygens (including phenoxy) is 1. The molecule has 3 aliphatic rings. The average Bonchev–Trinajstić information content (AvgIpc) is 3.81. The molecule has 1 aromatic heterocycles. The van der Waals surface area contributed by atoms with Crippen LogP contribution in [0.3, 0.4) is 0 Å². The predicted molar refractivity (Wildman–Crippen MR) is 175 cm³/mol. The van der Waals surface area contributed by atoms with Crippen molar-refractivity contribution in [2.24, 2.45) is 0 Å². The molecule has 0 radical (unpaired) electrons. The van der Waals surface area contributed by atoms with E-state index >= 15 is 0 Å².